The van der Waals surface area contributed by atoms with Crippen LogP contribution in [0.3, 0.4) is 0 Å². The molecule has 5 heteroatoms. The van der Waals surface area contributed by atoms with E-state index in [1.165, 1.54) is 0 Å². The molecule has 0 amide bonds. The molecule has 3 N–H and O–H groups in total. The fourth-order valence-corrected chi connectivity index (χ4v) is 1.26. The molecule has 0 aliphatic rings. The van der Waals surface area contributed by atoms with Gasteiger partial charge in [0.05, 0.1) is 20.3 Å². The van der Waals surface area contributed by atoms with Gasteiger partial charge in [-0.2, -0.15) is 0 Å². The van der Waals surface area contributed by atoms with Gasteiger partial charge < -0.3 is 20.5 Å². The number of nitrogens with one attached hydrogen (secondary N) is 1. The molecular weight excluding hydrogens is 218 g/mol. The van der Waals surface area contributed by atoms with E-state index in [1.54, 1.807) is 7.11 Å². The van der Waals surface area contributed by atoms with Gasteiger partial charge in [0.25, 0.3) is 0 Å². The molecule has 0 bridgehead atoms. The fraction of sp³-hybridized carbons (Fsp3) is 0.417. The molecule has 0 radical (unpaired) electrons. The number of hydrogen-bond donors (Lipinski definition) is 2. The number of nitrogens with two attached hydrogens (primary N) is 1. The van der Waals surface area contributed by atoms with E-state index >= 15 is 0 Å². The maximum atomic E-state index is 5.72. The van der Waals surface area contributed by atoms with Crippen molar-refractivity contribution in [3.8, 4) is 5.75 Å². The second-order valence-corrected chi connectivity index (χ2v) is 3.32. The molecule has 0 unspecified atom stereocenters. The molecule has 5 nitrogen and oxygen atoms in total. The van der Waals surface area contributed by atoms with E-state index in [-0.39, 0.29) is 0 Å². The third-order valence-corrected chi connectivity index (χ3v) is 2.06. The molecule has 0 atom stereocenters. The maximum absolute atomic E-state index is 5.72. The number of aliphatic imine (C=N–C) groups is 1. The number of anilines is 1. The molecule has 1 rings (SSSR count). The highest BCUT2D eigenvalue weighted by molar-refractivity contribution is 5.92. The van der Waals surface area contributed by atoms with E-state index in [9.17, 15) is 0 Å². The van der Waals surface area contributed by atoms with Gasteiger partial charge >= 0.3 is 0 Å². The van der Waals surface area contributed by atoms with Crippen molar-refractivity contribution >= 4 is 11.6 Å². The second-order valence-electron chi connectivity index (χ2n) is 3.32. The van der Waals surface area contributed by atoms with E-state index in [0.29, 0.717) is 25.7 Å². The third-order valence-electron chi connectivity index (χ3n) is 2.06. The van der Waals surface area contributed by atoms with Gasteiger partial charge in [0.2, 0.25) is 0 Å². The molecule has 0 heterocycles. The van der Waals surface area contributed by atoms with Crippen molar-refractivity contribution in [2.75, 3.05) is 32.2 Å². The predicted octanol–water partition coefficient (Wildman–Crippen LogP) is 1.46. The minimum absolute atomic E-state index is 0.373. The number of nitrogens with zero attached hydrogens (tertiary/aromatic N) is 1. The van der Waals surface area contributed by atoms with Gasteiger partial charge in [0, 0.05) is 18.4 Å². The summed E-state index contributed by atoms with van der Waals surface area (Å²) in [5.41, 5.74) is 6.57. The van der Waals surface area contributed by atoms with E-state index in [0.717, 1.165) is 11.4 Å². The first-order valence-electron chi connectivity index (χ1n) is 5.55. The number of guanidine groups is 1. The average Bonchev–Trinajstić information content (AvgIpc) is 2.35. The summed E-state index contributed by atoms with van der Waals surface area (Å²) in [5.74, 6) is 1.15. The topological polar surface area (TPSA) is 68.9 Å². The first-order valence-corrected chi connectivity index (χ1v) is 5.55. The summed E-state index contributed by atoms with van der Waals surface area (Å²) in [6.07, 6.45) is 0. The zero-order valence-corrected chi connectivity index (χ0v) is 10.3. The van der Waals surface area contributed by atoms with Crippen LogP contribution in [0.5, 0.6) is 5.75 Å². The van der Waals surface area contributed by atoms with Crippen molar-refractivity contribution < 1.29 is 9.47 Å². The minimum Gasteiger partial charge on any atom is -0.497 e. The maximum Gasteiger partial charge on any atom is 0.193 e. The van der Waals surface area contributed by atoms with E-state index in [1.807, 2.05) is 31.2 Å². The Balaban J connectivity index is 2.46. The van der Waals surface area contributed by atoms with Crippen LogP contribution in [0.4, 0.5) is 5.69 Å². The molecule has 0 saturated heterocycles. The molecule has 1 aromatic carbocycles. The van der Waals surface area contributed by atoms with Crippen molar-refractivity contribution in [1.82, 2.24) is 0 Å². The van der Waals surface area contributed by atoms with Crippen LogP contribution in [0.15, 0.2) is 29.3 Å². The smallest absolute Gasteiger partial charge is 0.193 e. The van der Waals surface area contributed by atoms with E-state index in [4.69, 9.17) is 15.2 Å². The van der Waals surface area contributed by atoms with Crippen molar-refractivity contribution in [2.45, 2.75) is 6.92 Å². The molecule has 1 aromatic rings. The summed E-state index contributed by atoms with van der Waals surface area (Å²) in [6, 6.07) is 7.50. The molecule has 0 fully saturated rings. The molecule has 0 aliphatic carbocycles. The zero-order chi connectivity index (χ0) is 12.5. The highest BCUT2D eigenvalue weighted by Gasteiger charge is 1.96. The SMILES string of the molecule is CCOCCN=C(N)Nc1cccc(OC)c1. The van der Waals surface area contributed by atoms with E-state index in [2.05, 4.69) is 10.3 Å². The van der Waals surface area contributed by atoms with Crippen molar-refractivity contribution in [2.24, 2.45) is 10.7 Å². The Morgan fingerprint density at radius 1 is 1.47 bits per heavy atom. The van der Waals surface area contributed by atoms with E-state index < -0.39 is 0 Å². The Bertz CT molecular complexity index is 367. The number of methoxy groups -OCH3 is 1. The highest BCUT2D eigenvalue weighted by Crippen LogP contribution is 2.16. The number of ether oxygens (including phenoxy) is 2. The Morgan fingerprint density at radius 3 is 3.00 bits per heavy atom. The number of rotatable bonds is 6. The van der Waals surface area contributed by atoms with Gasteiger partial charge in [-0.15, -0.1) is 0 Å². The van der Waals surface area contributed by atoms with Crippen LogP contribution in [0.2, 0.25) is 0 Å². The Hall–Kier alpha value is -1.75. The molecule has 0 aliphatic heterocycles. The molecule has 0 aromatic heterocycles. The third kappa shape index (κ3) is 5.21. The summed E-state index contributed by atoms with van der Waals surface area (Å²) in [6.45, 7) is 3.77. The molecule has 0 saturated carbocycles. The van der Waals surface area contributed by atoms with Crippen molar-refractivity contribution in [3.05, 3.63) is 24.3 Å². The lowest BCUT2D eigenvalue weighted by Gasteiger charge is -2.07. The van der Waals surface area contributed by atoms with Crippen LogP contribution in [0.25, 0.3) is 0 Å². The number of benzene rings is 1. The summed E-state index contributed by atoms with van der Waals surface area (Å²) in [5, 5.41) is 2.99. The molecule has 0 spiro atoms. The first kappa shape index (κ1) is 13.3. The van der Waals surface area contributed by atoms with Crippen LogP contribution in [0.1, 0.15) is 6.92 Å². The Morgan fingerprint density at radius 2 is 2.29 bits per heavy atom. The van der Waals surface area contributed by atoms with Gasteiger partial charge in [-0.3, -0.25) is 4.99 Å². The summed E-state index contributed by atoms with van der Waals surface area (Å²) >= 11 is 0. The molecule has 94 valence electrons. The van der Waals surface area contributed by atoms with Gasteiger partial charge in [-0.25, -0.2) is 0 Å². The van der Waals surface area contributed by atoms with Gasteiger partial charge in [-0.05, 0) is 19.1 Å². The normalized spacial score (nSPS) is 11.3. The Kier molecular flexibility index (Phi) is 5.88. The van der Waals surface area contributed by atoms with Crippen LogP contribution in [-0.2, 0) is 4.74 Å². The predicted molar refractivity (Wildman–Crippen MR) is 69.6 cm³/mol. The monoisotopic (exact) mass is 237 g/mol. The largest absolute Gasteiger partial charge is 0.497 e. The van der Waals surface area contributed by atoms with Gasteiger partial charge in [-0.1, -0.05) is 6.07 Å². The van der Waals surface area contributed by atoms with Crippen molar-refractivity contribution in [1.29, 1.82) is 0 Å². The van der Waals surface area contributed by atoms with Crippen LogP contribution in [0, 0.1) is 0 Å². The lowest BCUT2D eigenvalue weighted by atomic mass is 10.3. The summed E-state index contributed by atoms with van der Waals surface area (Å²) in [4.78, 5) is 4.13. The van der Waals surface area contributed by atoms with Crippen LogP contribution >= 0.6 is 0 Å². The molecular formula is C12H19N3O2. The van der Waals surface area contributed by atoms with Gasteiger partial charge in [0.1, 0.15) is 5.75 Å². The van der Waals surface area contributed by atoms with Crippen LogP contribution in [-0.4, -0.2) is 32.8 Å². The van der Waals surface area contributed by atoms with Gasteiger partial charge in [0.15, 0.2) is 5.96 Å². The summed E-state index contributed by atoms with van der Waals surface area (Å²) < 4.78 is 10.3. The van der Waals surface area contributed by atoms with Crippen LogP contribution < -0.4 is 15.8 Å². The lowest BCUT2D eigenvalue weighted by Crippen LogP contribution is -2.23. The zero-order valence-electron chi connectivity index (χ0n) is 10.3. The minimum atomic E-state index is 0.373. The first-order chi connectivity index (χ1) is 8.26. The lowest BCUT2D eigenvalue weighted by molar-refractivity contribution is 0.156. The summed E-state index contributed by atoms with van der Waals surface area (Å²) in [7, 11) is 1.62. The average molecular weight is 237 g/mol. The van der Waals surface area contributed by atoms with Crippen molar-refractivity contribution in [3.63, 3.8) is 0 Å². The highest BCUT2D eigenvalue weighted by atomic mass is 16.5. The fourth-order valence-electron chi connectivity index (χ4n) is 1.26. The second kappa shape index (κ2) is 7.51. The Labute approximate surface area is 102 Å². The molecule has 17 heavy (non-hydrogen) atoms. The quantitative estimate of drug-likeness (QED) is 0.446. The standard InChI is InChI=1S/C12H19N3O2/c1-3-17-8-7-14-12(13)15-10-5-4-6-11(9-10)16-2/h4-6,9H,3,7-8H2,1-2H3,(H3,13,14,15). The number of hydrogen-bond acceptors (Lipinski definition) is 3.